The van der Waals surface area contributed by atoms with Crippen LogP contribution >= 0.6 is 109 Å². The molecule has 10 N–H and O–H groups in total. The van der Waals surface area contributed by atoms with Crippen molar-refractivity contribution in [3.63, 3.8) is 0 Å². The number of benzene rings is 2. The number of hydrogen-bond donors (Lipinski definition) is 8. The Kier molecular flexibility index (Phi) is 54.1. The quantitative estimate of drug-likeness (QED) is 0.00513. The van der Waals surface area contributed by atoms with E-state index in [9.17, 15) is 52.5 Å². The summed E-state index contributed by atoms with van der Waals surface area (Å²) in [6, 6.07) is 21.8. The number of nitrogens with two attached hydrogens (primary N) is 2. The Morgan fingerprint density at radius 2 is 0.992 bits per heavy atom. The van der Waals surface area contributed by atoms with Crippen LogP contribution in [0.25, 0.3) is 22.0 Å². The van der Waals surface area contributed by atoms with Crippen molar-refractivity contribution in [1.82, 2.24) is 34.5 Å². The molecule has 7 aromatic heterocycles. The molecule has 0 bridgehead atoms. The molecule has 0 spiro atoms. The van der Waals surface area contributed by atoms with Crippen LogP contribution in [0.2, 0.25) is 30.8 Å². The van der Waals surface area contributed by atoms with Crippen LogP contribution in [-0.2, 0) is 94.7 Å². The number of carbonyl (C=O) groups excluding carboxylic acids is 8. The van der Waals surface area contributed by atoms with E-state index >= 15 is 0 Å². The second-order valence-electron chi connectivity index (χ2n) is 22.0. The molecule has 33 nitrogen and oxygen atoms in total. The van der Waals surface area contributed by atoms with Gasteiger partial charge in [0.1, 0.15) is 55.5 Å². The van der Waals surface area contributed by atoms with Crippen molar-refractivity contribution in [2.75, 3.05) is 88.7 Å². The number of ketones is 1. The van der Waals surface area contributed by atoms with Gasteiger partial charge in [-0.3, -0.25) is 38.1 Å². The molecule has 0 radical (unpaired) electrons. The average molecular weight is 1880 g/mol. The topological polar surface area (TPSA) is 491 Å². The first-order valence-corrected chi connectivity index (χ1v) is 41.4. The van der Waals surface area contributed by atoms with Gasteiger partial charge in [0.2, 0.25) is 0 Å². The molecule has 9 rings (SSSR count). The monoisotopic (exact) mass is 1880 g/mol. The van der Waals surface area contributed by atoms with Crippen molar-refractivity contribution in [3.8, 4) is 16.9 Å². The van der Waals surface area contributed by atoms with Gasteiger partial charge in [0.15, 0.2) is 12.1 Å². The number of methoxy groups -OCH3 is 1. The molecule has 0 aliphatic carbocycles. The number of hydrogen-bond acceptors (Lipinski definition) is 31. The molecule has 118 heavy (non-hydrogen) atoms. The fraction of sp³-hybridized carbons (Fsp3) is 0.284. The number of aliphatic hydroxyl groups is 1. The van der Waals surface area contributed by atoms with Crippen LogP contribution < -0.4 is 38.5 Å². The fourth-order valence-electron chi connectivity index (χ4n) is 8.56. The maximum absolute atomic E-state index is 12.6. The minimum atomic E-state index is -3.22. The van der Waals surface area contributed by atoms with Crippen molar-refractivity contribution in [1.29, 1.82) is 0 Å². The summed E-state index contributed by atoms with van der Waals surface area (Å²) < 4.78 is 55.8. The maximum atomic E-state index is 12.6. The van der Waals surface area contributed by atoms with Gasteiger partial charge in [-0.15, -0.1) is 0 Å². The molecule has 44 heteroatoms. The number of nitrogens with zero attached hydrogens (tertiary/aromatic N) is 6. The van der Waals surface area contributed by atoms with E-state index in [1.165, 1.54) is 31.8 Å². The molecule has 0 amide bonds. The number of aromatic hydroxyl groups is 1. The Bertz CT molecular complexity index is 5020. The average Bonchev–Trinajstić information content (AvgIpc) is 0.772. The van der Waals surface area contributed by atoms with Gasteiger partial charge < -0.3 is 75.6 Å². The van der Waals surface area contributed by atoms with Crippen LogP contribution in [-0.4, -0.2) is 154 Å². The number of aliphatic hydroxyl groups excluding tert-OH is 1. The summed E-state index contributed by atoms with van der Waals surface area (Å²) in [7, 11) is 8.30. The summed E-state index contributed by atoms with van der Waals surface area (Å²) >= 11 is 46.5. The number of ether oxygens (including phenoxy) is 6. The van der Waals surface area contributed by atoms with Crippen LogP contribution in [0.3, 0.4) is 0 Å². The third kappa shape index (κ3) is 43.1. The molecule has 0 aliphatic heterocycles. The zero-order valence-corrected chi connectivity index (χ0v) is 74.0. The number of aromatic nitrogens is 7. The van der Waals surface area contributed by atoms with Crippen molar-refractivity contribution in [3.05, 3.63) is 212 Å². The van der Waals surface area contributed by atoms with E-state index < -0.39 is 61.2 Å². The Morgan fingerprint density at radius 1 is 0.559 bits per heavy atom. The number of esters is 6. The first-order chi connectivity index (χ1) is 55.6. The number of pyridine rings is 7. The number of aryl methyl sites for hydroxylation is 3. The van der Waals surface area contributed by atoms with E-state index in [-0.39, 0.29) is 84.3 Å². The number of H-pyrrole nitrogens is 1. The number of carbonyl (C=O) groups is 8. The molecular weight excluding hydrogens is 1800 g/mol. The summed E-state index contributed by atoms with van der Waals surface area (Å²) in [5, 5.41) is 26.2. The Hall–Kier alpha value is -9.77. The number of halogens is 9. The second-order valence-corrected chi connectivity index (χ2v) is 31.2. The van der Waals surface area contributed by atoms with E-state index in [4.69, 9.17) is 108 Å². The van der Waals surface area contributed by atoms with Crippen LogP contribution in [0.1, 0.15) is 111 Å². The van der Waals surface area contributed by atoms with Crippen LogP contribution in [0.15, 0.2) is 126 Å². The predicted molar refractivity (Wildman–Crippen MR) is 450 cm³/mol. The minimum absolute atomic E-state index is 0.0274. The van der Waals surface area contributed by atoms with Crippen LogP contribution in [0, 0.1) is 13.8 Å². The molecule has 2 aromatic carbocycles. The zero-order valence-electron chi connectivity index (χ0n) is 65.1. The molecule has 641 valence electrons. The molecule has 7 heterocycles. The van der Waals surface area contributed by atoms with Gasteiger partial charge >= 0.3 is 63.5 Å². The normalized spacial score (nSPS) is 9.78. The van der Waals surface area contributed by atoms with Crippen molar-refractivity contribution in [2.24, 2.45) is 7.05 Å². The molecule has 0 unspecified atom stereocenters. The predicted octanol–water partition coefficient (Wildman–Crippen LogP) is 15.1. The molecular formula is C74H84Cl9MnN12O21P. The number of rotatable bonds is 20. The summed E-state index contributed by atoms with van der Waals surface area (Å²) in [5.41, 5.74) is 21.3. The summed E-state index contributed by atoms with van der Waals surface area (Å²) in [6.07, 6.45) is 8.74. The fourth-order valence-corrected chi connectivity index (χ4v) is 9.63. The van der Waals surface area contributed by atoms with E-state index in [1.807, 2.05) is 50.2 Å². The van der Waals surface area contributed by atoms with Crippen LogP contribution in [0.4, 0.5) is 28.4 Å². The van der Waals surface area contributed by atoms with Gasteiger partial charge in [0, 0.05) is 111 Å². The summed E-state index contributed by atoms with van der Waals surface area (Å²) in [5.74, 6) is -3.87. The van der Waals surface area contributed by atoms with Gasteiger partial charge in [0.25, 0.3) is 11.1 Å². The Morgan fingerprint density at radius 3 is 1.47 bits per heavy atom. The van der Waals surface area contributed by atoms with Gasteiger partial charge in [0.05, 0.1) is 80.5 Å². The molecule has 0 atom stereocenters. The number of aldehydes is 1. The van der Waals surface area contributed by atoms with Gasteiger partial charge in [-0.1, -0.05) is 81.7 Å². The van der Waals surface area contributed by atoms with E-state index in [0.717, 1.165) is 63.0 Å². The number of nitrogen functional groups attached to an aromatic ring is 2. The first-order valence-electron chi connectivity index (χ1n) is 33.8. The molecule has 0 saturated heterocycles. The van der Waals surface area contributed by atoms with E-state index in [1.54, 1.807) is 110 Å². The number of nitrogens with one attached hydrogen (secondary N) is 4. The molecule has 0 aliphatic rings. The van der Waals surface area contributed by atoms with E-state index in [0.29, 0.717) is 73.3 Å². The van der Waals surface area contributed by atoms with Crippen molar-refractivity contribution < 1.29 is 104 Å². The molecule has 0 saturated carbocycles. The zero-order chi connectivity index (χ0) is 89.9. The first kappa shape index (κ1) is 108. The van der Waals surface area contributed by atoms with Gasteiger partial charge in [-0.2, -0.15) is 0 Å². The van der Waals surface area contributed by atoms with Gasteiger partial charge in [-0.25, -0.2) is 39.3 Å². The summed E-state index contributed by atoms with van der Waals surface area (Å²) in [4.78, 5) is 132. The van der Waals surface area contributed by atoms with Crippen molar-refractivity contribution >= 4 is 196 Å². The summed E-state index contributed by atoms with van der Waals surface area (Å²) in [6.45, 7) is 13.6. The SMILES string of the molecule is CCOC(=O)CC(=O)CC(=O)OCC.CCOC(=O)c1c[nH]c(=O)cc1O.CCOC(=O)c1cnc(Cl)cc1Cl.CCOC(=O)c1cnc(Cl)cc1NC.CNc1cc(Cl)ncc1C=O.CNc1cc(Cl)ncc1CO.COC(=O)Cc1cc(N)ccc1C.Cc1ccc(N)cc1-c1cc2cnc(Cl)cc2n(C)c1=O.O=P(Cl)(Cl)Cl.[O]=[Mn]=[O]. The van der Waals surface area contributed by atoms with Gasteiger partial charge in [-0.05, 0) is 165 Å². The third-order valence-corrected chi connectivity index (χ3v) is 15.2. The van der Waals surface area contributed by atoms with Crippen LogP contribution in [0.5, 0.6) is 5.75 Å². The third-order valence-electron chi connectivity index (χ3n) is 13.9. The number of aromatic amines is 1. The number of Topliss-reactive ketones (excluding diaryl/α,β-unsaturated/α-hetero) is 1. The second kappa shape index (κ2) is 59.0. The number of fused-ring (bicyclic) bond motifs is 1. The van der Waals surface area contributed by atoms with Crippen molar-refractivity contribution in [2.45, 2.75) is 74.3 Å². The standard InChI is InChI=1S/C16H14ClN3O.C10H13NO2.C9H11ClN2O2.C9H14O5.C8H7Cl2NO2.C8H9NO4.C7H9ClN2O.C7H7ClN2O.Cl3OP.Mn.2O/c1-9-3-4-11(18)6-12(9)13-5-10-8-19-15(17)7-14(10)20(2)16(13)21;1-7-3-4-9(11)5-8(7)6-10(12)13-2;1-3-14-9(13)6-5-12-8(10)4-7(6)11-2;1-3-13-8(11)5-7(10)6-9(12)14-4-2;1-2-13-8(12)5-4-11-7(10)3-6(5)9;1-2-13-8(12)5-4-9-7(11)3-6(5)10;2*1-9-6-2-7(8)10-3-5(6)4-11;1-5(2,3)4;;;/h3-8H,18H2,1-2H3;3-5H,6,11H2,1-2H3;4-5H,3H2,1-2H3,(H,11,12);3-6H2,1-2H3;3-4H,2H2,1H3;3-4H,2H2,1H3,(H2,9,10,11);2-3,11H,4H2,1H3,(H,9,10);2-4H,1H3,(H,9,10);;;;. The number of anilines is 5. The Labute approximate surface area is 728 Å². The Balaban J connectivity index is 0.00000132. The molecule has 9 aromatic rings. The molecule has 0 fully saturated rings. The van der Waals surface area contributed by atoms with E-state index in [2.05, 4.69) is 98.5 Å².